The Kier molecular flexibility index (Phi) is 18.7. The van der Waals surface area contributed by atoms with Gasteiger partial charge in [-0.15, -0.1) is 18.3 Å². The van der Waals surface area contributed by atoms with E-state index in [2.05, 4.69) is 55.7 Å². The van der Waals surface area contributed by atoms with Crippen molar-refractivity contribution in [3.8, 4) is 0 Å². The Morgan fingerprint density at radius 2 is 1.61 bits per heavy atom. The number of primary amides is 1. The fourth-order valence-electron chi connectivity index (χ4n) is 14.5. The monoisotopic (exact) mass is 1070 g/mol. The number of Topliss-reactive ketones (excluding diaryl/α,β-unsaturated/α-hetero) is 1. The van der Waals surface area contributed by atoms with Crippen LogP contribution in [0.3, 0.4) is 0 Å². The number of nitrogens with zero attached hydrogens (tertiary/aromatic N) is 2. The molecule has 1 aromatic rings. The number of ether oxygens (including phenoxy) is 1. The molecule has 0 aromatic heterocycles. The number of aliphatic hydroxyl groups excluding tert-OH is 1. The lowest BCUT2D eigenvalue weighted by Gasteiger charge is -2.61. The molecular weight excluding hydrogens is 987 g/mol. The summed E-state index contributed by atoms with van der Waals surface area (Å²) in [4.78, 5) is 105. The number of quaternary nitrogens is 1. The van der Waals surface area contributed by atoms with E-state index in [9.17, 15) is 43.5 Å². The number of carbonyl (C=O) groups is 8. The normalized spacial score (nSPS) is 33.4. The van der Waals surface area contributed by atoms with Crippen molar-refractivity contribution in [1.82, 2.24) is 20.9 Å². The van der Waals surface area contributed by atoms with E-state index in [4.69, 9.17) is 10.5 Å². The van der Waals surface area contributed by atoms with Crippen LogP contribution in [0.25, 0.3) is 0 Å². The van der Waals surface area contributed by atoms with Gasteiger partial charge in [-0.3, -0.25) is 38.5 Å². The van der Waals surface area contributed by atoms with Crippen molar-refractivity contribution in [2.24, 2.45) is 45.7 Å². The number of nitrogens with two attached hydrogens (primary N) is 1. The highest BCUT2D eigenvalue weighted by atomic mass is 32.2. The SMILES string of the molecule is C=C[C@]1(C)C[C@@H](OC(=O)CSC2C[C@H]3CC[C@@H](C2)[N+]3(C)Cc2ccc(NC(=O)[C@H](CCCNC(N)=O)NC(=O)[C@@H](NC(=O)CCCCCN3C(=O)C=CC3=O)C(C)C)cc2)[C@]2(C)[C@H](C)CC[C@]3(CCC(=O)[C@H]32)[C@@H](C)[C@@H]1O. The summed E-state index contributed by atoms with van der Waals surface area (Å²) in [5.41, 5.74) is 5.40. The molecule has 18 heteroatoms. The number of ketones is 1. The van der Waals surface area contributed by atoms with Gasteiger partial charge in [-0.05, 0) is 86.7 Å². The van der Waals surface area contributed by atoms with Crippen LogP contribution in [0.1, 0.15) is 143 Å². The van der Waals surface area contributed by atoms with Gasteiger partial charge in [0.25, 0.3) is 11.8 Å². The molecule has 2 unspecified atom stereocenters. The molecule has 14 atom stereocenters. The molecule has 76 heavy (non-hydrogen) atoms. The third-order valence-electron chi connectivity index (χ3n) is 19.4. The van der Waals surface area contributed by atoms with Gasteiger partial charge in [-0.1, -0.05) is 66.2 Å². The first-order valence-electron chi connectivity index (χ1n) is 28.0. The molecule has 418 valence electrons. The molecule has 0 radical (unpaired) electrons. The number of hydrogen-bond acceptors (Lipinski definition) is 11. The number of fused-ring (bicyclic) bond motifs is 2. The van der Waals surface area contributed by atoms with Crippen molar-refractivity contribution >= 4 is 64.8 Å². The van der Waals surface area contributed by atoms with Crippen molar-refractivity contribution < 1.29 is 52.7 Å². The highest BCUT2D eigenvalue weighted by Crippen LogP contribution is 2.68. The molecule has 6 aliphatic rings. The van der Waals surface area contributed by atoms with Crippen LogP contribution in [0, 0.1) is 39.9 Å². The Bertz CT molecular complexity index is 2370. The molecule has 4 bridgehead atoms. The van der Waals surface area contributed by atoms with Crippen LogP contribution in [-0.2, 0) is 44.8 Å². The number of unbranched alkanes of at least 4 members (excludes halogenated alkanes) is 2. The van der Waals surface area contributed by atoms with Crippen molar-refractivity contribution in [2.75, 3.05) is 31.2 Å². The number of carbonyl (C=O) groups excluding carboxylic acids is 8. The van der Waals surface area contributed by atoms with E-state index in [1.165, 1.54) is 12.2 Å². The highest BCUT2D eigenvalue weighted by Gasteiger charge is 2.68. The molecule has 17 nitrogen and oxygen atoms in total. The molecule has 7 N–H and O–H groups in total. The maximum absolute atomic E-state index is 14.0. The summed E-state index contributed by atoms with van der Waals surface area (Å²) < 4.78 is 7.48. The first-order valence-corrected chi connectivity index (χ1v) is 29.1. The maximum atomic E-state index is 14.0. The Morgan fingerprint density at radius 3 is 2.24 bits per heavy atom. The fourth-order valence-corrected chi connectivity index (χ4v) is 15.7. The fraction of sp³-hybridized carbons (Fsp3) is 0.690. The predicted molar refractivity (Wildman–Crippen MR) is 292 cm³/mol. The second-order valence-electron chi connectivity index (χ2n) is 24.3. The zero-order valence-corrected chi connectivity index (χ0v) is 46.9. The Hall–Kier alpha value is -5.07. The third kappa shape index (κ3) is 12.4. The lowest BCUT2D eigenvalue weighted by atomic mass is 9.44. The lowest BCUT2D eigenvalue weighted by molar-refractivity contribution is -0.960. The van der Waals surface area contributed by atoms with Gasteiger partial charge in [0.15, 0.2) is 0 Å². The number of piperidine rings is 1. The number of nitrogens with one attached hydrogen (secondary N) is 4. The number of urea groups is 1. The number of benzene rings is 1. The number of esters is 1. The molecule has 1 aromatic carbocycles. The lowest BCUT2D eigenvalue weighted by Crippen LogP contribution is -2.63. The van der Waals surface area contributed by atoms with E-state index in [0.717, 1.165) is 66.4 Å². The number of aliphatic hydroxyl groups is 1. The summed E-state index contributed by atoms with van der Waals surface area (Å²) in [5.74, 6) is -2.23. The molecule has 3 saturated carbocycles. The summed E-state index contributed by atoms with van der Waals surface area (Å²) in [7, 11) is 2.33. The summed E-state index contributed by atoms with van der Waals surface area (Å²) in [6.07, 6.45) is 13.1. The van der Waals surface area contributed by atoms with Gasteiger partial charge in [0.2, 0.25) is 17.7 Å². The van der Waals surface area contributed by atoms with Crippen LogP contribution in [0.2, 0.25) is 0 Å². The molecule has 3 aliphatic carbocycles. The van der Waals surface area contributed by atoms with Crippen molar-refractivity contribution in [1.29, 1.82) is 0 Å². The first-order chi connectivity index (χ1) is 35.9. The quantitative estimate of drug-likeness (QED) is 0.0228. The van der Waals surface area contributed by atoms with Crippen molar-refractivity contribution in [3.05, 3.63) is 54.6 Å². The van der Waals surface area contributed by atoms with Crippen LogP contribution in [0.4, 0.5) is 10.5 Å². The zero-order chi connectivity index (χ0) is 55.3. The Labute approximate surface area is 454 Å². The van der Waals surface area contributed by atoms with Gasteiger partial charge in [0.1, 0.15) is 30.5 Å². The molecule has 5 fully saturated rings. The highest BCUT2D eigenvalue weighted by molar-refractivity contribution is 8.00. The molecule has 0 spiro atoms. The number of thioether (sulfide) groups is 1. The van der Waals surface area contributed by atoms with Crippen molar-refractivity contribution in [2.45, 2.75) is 186 Å². The molecule has 3 aliphatic heterocycles. The Morgan fingerprint density at radius 1 is 0.934 bits per heavy atom. The van der Waals surface area contributed by atoms with E-state index in [1.807, 2.05) is 37.3 Å². The summed E-state index contributed by atoms with van der Waals surface area (Å²) in [6.45, 7) is 17.6. The van der Waals surface area contributed by atoms with E-state index >= 15 is 0 Å². The van der Waals surface area contributed by atoms with Crippen LogP contribution < -0.4 is 27.0 Å². The van der Waals surface area contributed by atoms with Gasteiger partial charge >= 0.3 is 12.0 Å². The number of hydrogen-bond donors (Lipinski definition) is 6. The molecule has 7 amide bonds. The summed E-state index contributed by atoms with van der Waals surface area (Å²) >= 11 is 1.69. The summed E-state index contributed by atoms with van der Waals surface area (Å²) in [6, 6.07) is 5.99. The van der Waals surface area contributed by atoms with E-state index in [0.29, 0.717) is 61.5 Å². The average Bonchev–Trinajstić information content (AvgIpc) is 3.93. The minimum Gasteiger partial charge on any atom is -0.461 e. The number of amides is 7. The van der Waals surface area contributed by atoms with E-state index in [-0.39, 0.29) is 90.2 Å². The molecular formula is C58H86N7O10S+. The first kappa shape index (κ1) is 58.6. The zero-order valence-electron chi connectivity index (χ0n) is 46.0. The number of imide groups is 1. The minimum absolute atomic E-state index is 0.0840. The molecule has 2 saturated heterocycles. The molecule has 7 rings (SSSR count). The largest absolute Gasteiger partial charge is 0.461 e. The van der Waals surface area contributed by atoms with Crippen LogP contribution in [0.5, 0.6) is 0 Å². The topological polar surface area (TPSA) is 243 Å². The van der Waals surface area contributed by atoms with Gasteiger partial charge in [0, 0.05) is 97.0 Å². The third-order valence-corrected chi connectivity index (χ3v) is 20.6. The van der Waals surface area contributed by atoms with Gasteiger partial charge < -0.3 is 41.3 Å². The molecule has 3 heterocycles. The van der Waals surface area contributed by atoms with Gasteiger partial charge in [0.05, 0.1) is 31.0 Å². The van der Waals surface area contributed by atoms with E-state index < -0.39 is 53.0 Å². The number of rotatable bonds is 23. The predicted octanol–water partition coefficient (Wildman–Crippen LogP) is 6.46. The maximum Gasteiger partial charge on any atom is 0.316 e. The number of anilines is 1. The standard InChI is InChI=1S/C58H85N7O10S/c1-9-56(6)32-45(57(7)36(4)24-26-58(37(5)52(56)71)27-25-44(66)51(57)58)75-49(70)34-76-42-30-40-20-21-41(31-42)65(40,8)33-38-16-18-39(19-17-38)61-53(72)43(14-13-28-60-55(59)74)62-54(73)50(35(2)3)63-46(67)15-11-10-12-29-64-47(68)22-23-48(64)69/h9,16-19,22-23,35-37,40-43,45,50-52,71H,1,10-15,20-21,24-34H2,2-8H3,(H5-,59,60,61,62,63,67,72,73,74)/p+1/t36-,37+,40-,41+,42?,43+,45-,50+,51+,52+,56-,57+,58+,65?/m1/s1. The second-order valence-corrected chi connectivity index (χ2v) is 25.6. The van der Waals surface area contributed by atoms with Crippen LogP contribution in [0.15, 0.2) is 49.1 Å². The smallest absolute Gasteiger partial charge is 0.316 e. The summed E-state index contributed by atoms with van der Waals surface area (Å²) in [5, 5.41) is 23.4. The average molecular weight is 1070 g/mol. The second kappa shape index (κ2) is 24.3. The minimum atomic E-state index is -0.990. The van der Waals surface area contributed by atoms with Crippen LogP contribution in [-0.4, -0.2) is 129 Å². The van der Waals surface area contributed by atoms with Gasteiger partial charge in [-0.2, -0.15) is 0 Å². The Balaban J connectivity index is 0.915. The van der Waals surface area contributed by atoms with Crippen LogP contribution >= 0.6 is 11.8 Å². The van der Waals surface area contributed by atoms with Gasteiger partial charge in [-0.25, -0.2) is 4.79 Å². The van der Waals surface area contributed by atoms with Crippen molar-refractivity contribution in [3.63, 3.8) is 0 Å². The van der Waals surface area contributed by atoms with E-state index in [1.54, 1.807) is 25.6 Å².